The smallest absolute Gasteiger partial charge is 0.241 e. The van der Waals surface area contributed by atoms with Crippen molar-refractivity contribution in [1.29, 1.82) is 10.5 Å². The summed E-state index contributed by atoms with van der Waals surface area (Å²) in [5, 5.41) is 18.8. The SMILES string of the molecule is COc1nc(Br)cc(Oc2cc(Cl)cc(C#N)c2)c1Cl.COc1nc(Br)cc(Oc2cc(Cl)cc(C#N)c2)c1N. The minimum Gasteiger partial charge on any atom is -0.480 e. The van der Waals surface area contributed by atoms with Gasteiger partial charge in [0.15, 0.2) is 11.5 Å². The van der Waals surface area contributed by atoms with Crippen molar-refractivity contribution in [3.63, 3.8) is 0 Å². The summed E-state index contributed by atoms with van der Waals surface area (Å²) in [6.07, 6.45) is 0. The van der Waals surface area contributed by atoms with Gasteiger partial charge in [-0.25, -0.2) is 9.97 Å². The maximum absolute atomic E-state index is 8.91. The van der Waals surface area contributed by atoms with Crippen LogP contribution in [0.1, 0.15) is 11.1 Å². The van der Waals surface area contributed by atoms with Crippen molar-refractivity contribution in [3.05, 3.63) is 83.9 Å². The lowest BCUT2D eigenvalue weighted by Crippen LogP contribution is -1.99. The van der Waals surface area contributed by atoms with E-state index >= 15 is 0 Å². The van der Waals surface area contributed by atoms with E-state index in [1.54, 1.807) is 48.5 Å². The van der Waals surface area contributed by atoms with E-state index in [9.17, 15) is 0 Å². The average molecular weight is 729 g/mol. The first-order chi connectivity index (χ1) is 19.1. The fourth-order valence-electron chi connectivity index (χ4n) is 3.01. The molecule has 4 aromatic rings. The zero-order valence-corrected chi connectivity index (χ0v) is 25.9. The van der Waals surface area contributed by atoms with E-state index in [2.05, 4.69) is 41.8 Å². The molecule has 0 saturated carbocycles. The van der Waals surface area contributed by atoms with Crippen molar-refractivity contribution in [2.75, 3.05) is 20.0 Å². The first-order valence-electron chi connectivity index (χ1n) is 10.7. The van der Waals surface area contributed by atoms with Gasteiger partial charge < -0.3 is 24.7 Å². The van der Waals surface area contributed by atoms with Gasteiger partial charge in [-0.2, -0.15) is 10.5 Å². The highest BCUT2D eigenvalue weighted by Crippen LogP contribution is 2.38. The Balaban J connectivity index is 0.000000220. The first kappa shape index (κ1) is 31.1. The number of hydrogen-bond donors (Lipinski definition) is 1. The summed E-state index contributed by atoms with van der Waals surface area (Å²) < 4.78 is 22.4. The molecule has 14 heteroatoms. The second kappa shape index (κ2) is 14.3. The van der Waals surface area contributed by atoms with Gasteiger partial charge in [0.2, 0.25) is 11.8 Å². The molecule has 2 N–H and O–H groups in total. The number of halogens is 5. The van der Waals surface area contributed by atoms with E-state index in [-0.39, 0.29) is 22.5 Å². The molecule has 2 aromatic heterocycles. The number of nitrogens with zero attached hydrogens (tertiary/aromatic N) is 4. The van der Waals surface area contributed by atoms with Gasteiger partial charge >= 0.3 is 0 Å². The molecule has 2 aromatic carbocycles. The highest BCUT2D eigenvalue weighted by molar-refractivity contribution is 9.10. The zero-order valence-electron chi connectivity index (χ0n) is 20.5. The van der Waals surface area contributed by atoms with Gasteiger partial charge in [-0.3, -0.25) is 0 Å². The van der Waals surface area contributed by atoms with Crippen LogP contribution in [-0.2, 0) is 0 Å². The number of rotatable bonds is 6. The highest BCUT2D eigenvalue weighted by atomic mass is 79.9. The van der Waals surface area contributed by atoms with E-state index in [0.29, 0.717) is 53.4 Å². The third-order valence-electron chi connectivity index (χ3n) is 4.66. The molecule has 0 aliphatic rings. The van der Waals surface area contributed by atoms with Crippen LogP contribution >= 0.6 is 66.7 Å². The lowest BCUT2D eigenvalue weighted by Gasteiger charge is -2.11. The summed E-state index contributed by atoms with van der Waals surface area (Å²) in [6, 6.07) is 16.6. The predicted molar refractivity (Wildman–Crippen MR) is 159 cm³/mol. The van der Waals surface area contributed by atoms with Gasteiger partial charge in [0.25, 0.3) is 0 Å². The summed E-state index contributed by atoms with van der Waals surface area (Å²) in [5.41, 5.74) is 6.93. The standard InChI is InChI=1S/C13H7BrCl2N2O2.C13H9BrClN3O2/c1-19-13-12(16)10(5-11(14)18-13)20-9-3-7(6-17)2-8(15)4-9;1-19-13-12(17)10(5-11(14)18-13)20-9-3-7(6-16)2-8(15)4-9/h2-5H,1H3;2-5H,17H2,1H3. The third-order valence-corrected chi connectivity index (χ3v) is 6.26. The van der Waals surface area contributed by atoms with Crippen LogP contribution in [0.4, 0.5) is 5.69 Å². The number of pyridine rings is 2. The number of methoxy groups -OCH3 is 2. The monoisotopic (exact) mass is 725 g/mol. The van der Waals surface area contributed by atoms with Crippen LogP contribution < -0.4 is 24.7 Å². The molecule has 9 nitrogen and oxygen atoms in total. The molecule has 204 valence electrons. The van der Waals surface area contributed by atoms with E-state index in [1.165, 1.54) is 14.2 Å². The molecule has 0 bridgehead atoms. The molecular weight excluding hydrogens is 712 g/mol. The molecule has 40 heavy (non-hydrogen) atoms. The number of aromatic nitrogens is 2. The molecule has 0 atom stereocenters. The first-order valence-corrected chi connectivity index (χ1v) is 13.5. The summed E-state index contributed by atoms with van der Waals surface area (Å²) in [7, 11) is 2.92. The molecular formula is C26H16Br2Cl3N5O4. The quantitative estimate of drug-likeness (QED) is 0.194. The molecule has 0 fully saturated rings. The van der Waals surface area contributed by atoms with Gasteiger partial charge in [0.1, 0.15) is 31.4 Å². The van der Waals surface area contributed by atoms with E-state index in [0.717, 1.165) is 0 Å². The molecule has 0 aliphatic heterocycles. The molecule has 0 radical (unpaired) electrons. The zero-order chi connectivity index (χ0) is 29.4. The Hall–Kier alpha value is -3.45. The average Bonchev–Trinajstić information content (AvgIpc) is 2.91. The second-order valence-corrected chi connectivity index (χ2v) is 10.3. The number of ether oxygens (including phenoxy) is 4. The Morgan fingerprint density at radius 1 is 0.700 bits per heavy atom. The molecule has 0 unspecified atom stereocenters. The maximum atomic E-state index is 8.91. The number of hydrogen-bond acceptors (Lipinski definition) is 9. The number of nitriles is 2. The van der Waals surface area contributed by atoms with Crippen LogP contribution in [0, 0.1) is 22.7 Å². The van der Waals surface area contributed by atoms with Crippen LogP contribution in [0.3, 0.4) is 0 Å². The molecule has 0 aliphatic carbocycles. The van der Waals surface area contributed by atoms with Crippen LogP contribution in [0.5, 0.6) is 34.8 Å². The summed E-state index contributed by atoms with van der Waals surface area (Å²) in [6.45, 7) is 0. The lowest BCUT2D eigenvalue weighted by atomic mass is 10.2. The van der Waals surface area contributed by atoms with Gasteiger partial charge in [0, 0.05) is 22.2 Å². The summed E-state index contributed by atoms with van der Waals surface area (Å²) in [5.74, 6) is 1.99. The molecule has 4 rings (SSSR count). The van der Waals surface area contributed by atoms with E-state index in [4.69, 9.17) is 70.0 Å². The predicted octanol–water partition coefficient (Wildman–Crippen LogP) is 8.58. The van der Waals surface area contributed by atoms with Crippen molar-refractivity contribution < 1.29 is 18.9 Å². The number of anilines is 1. The minimum atomic E-state index is 0.231. The van der Waals surface area contributed by atoms with Crippen molar-refractivity contribution in [3.8, 4) is 46.9 Å². The number of nitrogen functional groups attached to an aromatic ring is 1. The van der Waals surface area contributed by atoms with Crippen LogP contribution in [-0.4, -0.2) is 24.2 Å². The van der Waals surface area contributed by atoms with Crippen molar-refractivity contribution in [2.24, 2.45) is 0 Å². The molecule has 0 amide bonds. The number of nitrogens with two attached hydrogens (primary N) is 1. The van der Waals surface area contributed by atoms with E-state index in [1.807, 2.05) is 12.1 Å². The Labute approximate surface area is 261 Å². The summed E-state index contributed by atoms with van der Waals surface area (Å²) >= 11 is 24.4. The molecule has 0 saturated heterocycles. The van der Waals surface area contributed by atoms with Crippen LogP contribution in [0.15, 0.2) is 57.7 Å². The van der Waals surface area contributed by atoms with Gasteiger partial charge in [-0.15, -0.1) is 0 Å². The Kier molecular flexibility index (Phi) is 11.1. The van der Waals surface area contributed by atoms with Gasteiger partial charge in [-0.1, -0.05) is 34.8 Å². The highest BCUT2D eigenvalue weighted by Gasteiger charge is 2.14. The normalized spacial score (nSPS) is 9.93. The largest absolute Gasteiger partial charge is 0.480 e. The molecule has 2 heterocycles. The lowest BCUT2D eigenvalue weighted by molar-refractivity contribution is 0.391. The Bertz CT molecular complexity index is 1520. The minimum absolute atomic E-state index is 0.231. The van der Waals surface area contributed by atoms with Gasteiger partial charge in [-0.05, 0) is 68.3 Å². The van der Waals surface area contributed by atoms with Gasteiger partial charge in [0.05, 0.1) is 37.5 Å². The maximum Gasteiger partial charge on any atom is 0.241 e. The van der Waals surface area contributed by atoms with Crippen LogP contribution in [0.2, 0.25) is 15.1 Å². The van der Waals surface area contributed by atoms with Crippen molar-refractivity contribution in [2.45, 2.75) is 0 Å². The Morgan fingerprint density at radius 3 is 1.62 bits per heavy atom. The fraction of sp³-hybridized carbons (Fsp3) is 0.0769. The third kappa shape index (κ3) is 8.28. The second-order valence-electron chi connectivity index (χ2n) is 7.41. The Morgan fingerprint density at radius 2 is 1.15 bits per heavy atom. The van der Waals surface area contributed by atoms with Crippen molar-refractivity contribution >= 4 is 72.4 Å². The molecule has 0 spiro atoms. The van der Waals surface area contributed by atoms with Crippen LogP contribution in [0.25, 0.3) is 0 Å². The van der Waals surface area contributed by atoms with Crippen molar-refractivity contribution in [1.82, 2.24) is 9.97 Å². The topological polar surface area (TPSA) is 136 Å². The number of benzene rings is 2. The fourth-order valence-corrected chi connectivity index (χ4v) is 4.41. The van der Waals surface area contributed by atoms with E-state index < -0.39 is 0 Å². The summed E-state index contributed by atoms with van der Waals surface area (Å²) in [4.78, 5) is 8.10.